The number of pyridine rings is 1. The summed E-state index contributed by atoms with van der Waals surface area (Å²) in [4.78, 5) is 3.74. The first-order valence-electron chi connectivity index (χ1n) is 10.7. The number of benzene rings is 3. The summed E-state index contributed by atoms with van der Waals surface area (Å²) >= 11 is 0. The Kier molecular flexibility index (Phi) is 5.70. The van der Waals surface area contributed by atoms with Gasteiger partial charge < -0.3 is 24.9 Å². The Labute approximate surface area is 198 Å². The number of nitrogens with one attached hydrogen (secondary N) is 2. The lowest BCUT2D eigenvalue weighted by atomic mass is 10.1. The smallest absolute Gasteiger partial charge is 0.433 e. The minimum absolute atomic E-state index is 0.231. The standard InChI is InChI=1S/C26H20F3N3O3/c1-34-21-11-4-6-15-12-22(35-24(15)21)25(33)31-17-8-5-7-16(13-17)30-20-14-23(26(27,28)29)32-19-10-3-2-9-18(19)20/h2-14,25,31,33H,1H3,(H,30,32). The molecule has 0 bridgehead atoms. The second-order valence-electron chi connectivity index (χ2n) is 7.85. The van der Waals surface area contributed by atoms with Crippen molar-refractivity contribution in [3.8, 4) is 5.75 Å². The number of furan rings is 1. The topological polar surface area (TPSA) is 79.5 Å². The van der Waals surface area contributed by atoms with Crippen LogP contribution in [0.3, 0.4) is 0 Å². The van der Waals surface area contributed by atoms with Crippen molar-refractivity contribution < 1.29 is 27.4 Å². The zero-order chi connectivity index (χ0) is 24.6. The van der Waals surface area contributed by atoms with Crippen molar-refractivity contribution in [3.05, 3.63) is 90.3 Å². The zero-order valence-corrected chi connectivity index (χ0v) is 18.4. The summed E-state index contributed by atoms with van der Waals surface area (Å²) in [5.74, 6) is 0.841. The maximum absolute atomic E-state index is 13.4. The average Bonchev–Trinajstić information content (AvgIpc) is 3.28. The molecule has 178 valence electrons. The molecule has 9 heteroatoms. The highest BCUT2D eigenvalue weighted by Crippen LogP contribution is 2.35. The third-order valence-electron chi connectivity index (χ3n) is 5.47. The zero-order valence-electron chi connectivity index (χ0n) is 18.4. The van der Waals surface area contributed by atoms with Crippen molar-refractivity contribution in [3.63, 3.8) is 0 Å². The van der Waals surface area contributed by atoms with Crippen molar-refractivity contribution in [1.29, 1.82) is 0 Å². The number of methoxy groups -OCH3 is 1. The highest BCUT2D eigenvalue weighted by atomic mass is 19.4. The fourth-order valence-corrected chi connectivity index (χ4v) is 3.85. The van der Waals surface area contributed by atoms with Crippen LogP contribution in [0.2, 0.25) is 0 Å². The summed E-state index contributed by atoms with van der Waals surface area (Å²) in [7, 11) is 1.54. The minimum atomic E-state index is -4.58. The van der Waals surface area contributed by atoms with E-state index in [1.807, 2.05) is 12.1 Å². The molecule has 5 aromatic rings. The Balaban J connectivity index is 1.42. The molecule has 1 unspecified atom stereocenters. The van der Waals surface area contributed by atoms with Crippen molar-refractivity contribution >= 4 is 38.9 Å². The first kappa shape index (κ1) is 22.5. The van der Waals surface area contributed by atoms with E-state index in [1.54, 1.807) is 54.6 Å². The molecule has 0 aliphatic heterocycles. The van der Waals surface area contributed by atoms with Gasteiger partial charge in [-0.25, -0.2) is 4.98 Å². The number of alkyl halides is 3. The van der Waals surface area contributed by atoms with E-state index >= 15 is 0 Å². The van der Waals surface area contributed by atoms with Gasteiger partial charge >= 0.3 is 6.18 Å². The Morgan fingerprint density at radius 2 is 1.71 bits per heavy atom. The highest BCUT2D eigenvalue weighted by Gasteiger charge is 2.33. The monoisotopic (exact) mass is 479 g/mol. The molecule has 0 spiro atoms. The van der Waals surface area contributed by atoms with Crippen LogP contribution in [-0.2, 0) is 6.18 Å². The Morgan fingerprint density at radius 1 is 0.943 bits per heavy atom. The van der Waals surface area contributed by atoms with E-state index in [2.05, 4.69) is 15.6 Å². The van der Waals surface area contributed by atoms with E-state index < -0.39 is 18.1 Å². The number of rotatable bonds is 6. The fourth-order valence-electron chi connectivity index (χ4n) is 3.85. The third-order valence-corrected chi connectivity index (χ3v) is 5.47. The van der Waals surface area contributed by atoms with Crippen LogP contribution in [0.15, 0.2) is 83.3 Å². The van der Waals surface area contributed by atoms with Gasteiger partial charge in [0.05, 0.1) is 18.3 Å². The summed E-state index contributed by atoms with van der Waals surface area (Å²) < 4.78 is 51.2. The molecule has 2 heterocycles. The van der Waals surface area contributed by atoms with E-state index in [0.29, 0.717) is 28.1 Å². The van der Waals surface area contributed by atoms with Gasteiger partial charge in [0.1, 0.15) is 5.69 Å². The molecular formula is C26H20F3N3O3. The Bertz CT molecular complexity index is 1510. The molecule has 0 aliphatic rings. The number of ether oxygens (including phenoxy) is 1. The minimum Gasteiger partial charge on any atom is -0.493 e. The number of anilines is 3. The van der Waals surface area contributed by atoms with Gasteiger partial charge in [0, 0.05) is 22.1 Å². The summed E-state index contributed by atoms with van der Waals surface area (Å²) in [5, 5.41) is 18.0. The van der Waals surface area contributed by atoms with Gasteiger partial charge in [0.2, 0.25) is 0 Å². The number of halogens is 3. The van der Waals surface area contributed by atoms with E-state index in [9.17, 15) is 18.3 Å². The van der Waals surface area contributed by atoms with Crippen LogP contribution < -0.4 is 15.4 Å². The number of hydrogen-bond acceptors (Lipinski definition) is 6. The van der Waals surface area contributed by atoms with Crippen molar-refractivity contribution in [2.45, 2.75) is 12.4 Å². The first-order valence-corrected chi connectivity index (χ1v) is 10.7. The fraction of sp³-hybridized carbons (Fsp3) is 0.115. The predicted octanol–water partition coefficient (Wildman–Crippen LogP) is 6.86. The lowest BCUT2D eigenvalue weighted by Gasteiger charge is -2.16. The molecular weight excluding hydrogens is 459 g/mol. The number of fused-ring (bicyclic) bond motifs is 2. The van der Waals surface area contributed by atoms with Gasteiger partial charge in [0.15, 0.2) is 23.3 Å². The molecule has 1 atom stereocenters. The van der Waals surface area contributed by atoms with E-state index in [0.717, 1.165) is 11.5 Å². The van der Waals surface area contributed by atoms with E-state index in [4.69, 9.17) is 9.15 Å². The van der Waals surface area contributed by atoms with Crippen molar-refractivity contribution in [2.75, 3.05) is 17.7 Å². The molecule has 0 saturated carbocycles. The molecule has 2 aromatic heterocycles. The highest BCUT2D eigenvalue weighted by molar-refractivity contribution is 5.93. The second kappa shape index (κ2) is 8.84. The number of aliphatic hydroxyl groups is 1. The van der Waals surface area contributed by atoms with Crippen LogP contribution in [0.1, 0.15) is 17.7 Å². The molecule has 0 radical (unpaired) electrons. The van der Waals surface area contributed by atoms with Crippen LogP contribution >= 0.6 is 0 Å². The van der Waals surface area contributed by atoms with Gasteiger partial charge in [-0.15, -0.1) is 0 Å². The van der Waals surface area contributed by atoms with Gasteiger partial charge in [-0.2, -0.15) is 13.2 Å². The molecule has 0 saturated heterocycles. The van der Waals surface area contributed by atoms with Crippen molar-refractivity contribution in [1.82, 2.24) is 4.98 Å². The maximum atomic E-state index is 13.4. The molecule has 3 aromatic carbocycles. The number of para-hydroxylation sites is 2. The number of aromatic nitrogens is 1. The largest absolute Gasteiger partial charge is 0.493 e. The van der Waals surface area contributed by atoms with Crippen LogP contribution in [-0.4, -0.2) is 17.2 Å². The lowest BCUT2D eigenvalue weighted by molar-refractivity contribution is -0.140. The lowest BCUT2D eigenvalue weighted by Crippen LogP contribution is -2.09. The molecule has 5 rings (SSSR count). The molecule has 0 fully saturated rings. The first-order chi connectivity index (χ1) is 16.8. The number of aliphatic hydroxyl groups excluding tert-OH is 1. The SMILES string of the molecule is COc1cccc2cc(C(O)Nc3cccc(Nc4cc(C(F)(F)F)nc5ccccc45)c3)oc12. The Morgan fingerprint density at radius 3 is 2.51 bits per heavy atom. The summed E-state index contributed by atoms with van der Waals surface area (Å²) in [6, 6.07) is 21.6. The van der Waals surface area contributed by atoms with Gasteiger partial charge in [-0.3, -0.25) is 0 Å². The van der Waals surface area contributed by atoms with Gasteiger partial charge in [-0.05, 0) is 42.5 Å². The summed E-state index contributed by atoms with van der Waals surface area (Å²) in [6.45, 7) is 0. The maximum Gasteiger partial charge on any atom is 0.433 e. The molecule has 3 N–H and O–H groups in total. The molecule has 35 heavy (non-hydrogen) atoms. The number of nitrogens with zero attached hydrogens (tertiary/aromatic N) is 1. The van der Waals surface area contributed by atoms with Crippen LogP contribution in [0.4, 0.5) is 30.2 Å². The normalized spacial score (nSPS) is 12.6. The molecule has 0 amide bonds. The van der Waals surface area contributed by atoms with Crippen LogP contribution in [0.5, 0.6) is 5.75 Å². The van der Waals surface area contributed by atoms with Gasteiger partial charge in [-0.1, -0.05) is 36.4 Å². The van der Waals surface area contributed by atoms with Gasteiger partial charge in [0.25, 0.3) is 0 Å². The molecule has 0 aliphatic carbocycles. The summed E-state index contributed by atoms with van der Waals surface area (Å²) in [6.07, 6.45) is -5.75. The quantitative estimate of drug-likeness (QED) is 0.231. The predicted molar refractivity (Wildman–Crippen MR) is 128 cm³/mol. The van der Waals surface area contributed by atoms with E-state index in [-0.39, 0.29) is 17.0 Å². The number of hydrogen-bond donors (Lipinski definition) is 3. The summed E-state index contributed by atoms with van der Waals surface area (Å²) in [5.41, 5.74) is 1.09. The van der Waals surface area contributed by atoms with E-state index in [1.165, 1.54) is 13.2 Å². The second-order valence-corrected chi connectivity index (χ2v) is 7.85. The molecule has 6 nitrogen and oxygen atoms in total. The average molecular weight is 479 g/mol. The van der Waals surface area contributed by atoms with Crippen LogP contribution in [0, 0.1) is 0 Å². The third kappa shape index (κ3) is 4.58. The Hall–Kier alpha value is -4.24. The van der Waals surface area contributed by atoms with Crippen LogP contribution in [0.25, 0.3) is 21.9 Å². The van der Waals surface area contributed by atoms with Crippen molar-refractivity contribution in [2.24, 2.45) is 0 Å².